The molecule has 1 heterocycles. The zero-order chi connectivity index (χ0) is 36.5. The summed E-state index contributed by atoms with van der Waals surface area (Å²) in [6.07, 6.45) is 5.00. The Morgan fingerprint density at radius 2 is 1.37 bits per heavy atom. The molecule has 3 aromatic carbocycles. The van der Waals surface area contributed by atoms with Gasteiger partial charge < -0.3 is 25.0 Å². The molecule has 0 radical (unpaired) electrons. The molecule has 0 aliphatic carbocycles. The maximum absolute atomic E-state index is 13.2. The maximum Gasteiger partial charge on any atom is 0.407 e. The van der Waals surface area contributed by atoms with Crippen molar-refractivity contribution in [1.29, 1.82) is 0 Å². The Labute approximate surface area is 300 Å². The Balaban J connectivity index is 1.15. The first-order valence-electron chi connectivity index (χ1n) is 17.7. The summed E-state index contributed by atoms with van der Waals surface area (Å²) >= 11 is 0. The number of amides is 3. The summed E-state index contributed by atoms with van der Waals surface area (Å²) in [5.74, 6) is 0.463. The van der Waals surface area contributed by atoms with Gasteiger partial charge >= 0.3 is 12.2 Å². The Bertz CT molecular complexity index is 1620. The molecule has 0 unspecified atom stereocenters. The van der Waals surface area contributed by atoms with Crippen LogP contribution in [0.25, 0.3) is 11.1 Å². The molecule has 0 saturated heterocycles. The molecule has 0 bridgehead atoms. The Kier molecular flexibility index (Phi) is 15.0. The van der Waals surface area contributed by atoms with E-state index >= 15 is 0 Å². The number of alkyl carbamates (subject to hydrolysis) is 2. The second-order valence-electron chi connectivity index (χ2n) is 13.6. The average molecular weight is 698 g/mol. The van der Waals surface area contributed by atoms with E-state index in [-0.39, 0.29) is 18.6 Å². The molecule has 0 fully saturated rings. The molecule has 4 rings (SSSR count). The number of aromatic amines is 1. The Morgan fingerprint density at radius 3 is 1.98 bits per heavy atom. The normalized spacial score (nSPS) is 11.8. The zero-order valence-corrected chi connectivity index (χ0v) is 30.2. The number of tetrazole rings is 1. The second-order valence-corrected chi connectivity index (χ2v) is 13.6. The molecule has 1 atom stereocenters. The number of aromatic nitrogens is 4. The van der Waals surface area contributed by atoms with Gasteiger partial charge in [0.15, 0.2) is 5.82 Å². The summed E-state index contributed by atoms with van der Waals surface area (Å²) in [6.45, 7) is 6.80. The van der Waals surface area contributed by atoms with E-state index in [0.717, 1.165) is 54.4 Å². The molecule has 1 aromatic heterocycles. The fourth-order valence-corrected chi connectivity index (χ4v) is 5.52. The predicted molar refractivity (Wildman–Crippen MR) is 196 cm³/mol. The lowest BCUT2D eigenvalue weighted by Crippen LogP contribution is -2.33. The van der Waals surface area contributed by atoms with Gasteiger partial charge in [-0.1, -0.05) is 84.1 Å². The number of carbonyl (C=O) groups is 3. The van der Waals surface area contributed by atoms with Crippen LogP contribution in [0.3, 0.4) is 0 Å². The summed E-state index contributed by atoms with van der Waals surface area (Å²) in [5, 5.41) is 20.1. The summed E-state index contributed by atoms with van der Waals surface area (Å²) < 4.78 is 10.5. The van der Waals surface area contributed by atoms with Crippen LogP contribution in [0.15, 0.2) is 78.9 Å². The van der Waals surface area contributed by atoms with Crippen LogP contribution in [0.4, 0.5) is 9.59 Å². The highest BCUT2D eigenvalue weighted by Gasteiger charge is 2.25. The third-order valence-electron chi connectivity index (χ3n) is 8.34. The van der Waals surface area contributed by atoms with Crippen molar-refractivity contribution >= 4 is 18.1 Å². The van der Waals surface area contributed by atoms with Crippen LogP contribution in [-0.4, -0.2) is 69.4 Å². The lowest BCUT2D eigenvalue weighted by Gasteiger charge is -2.26. The van der Waals surface area contributed by atoms with Gasteiger partial charge in [-0.2, -0.15) is 5.21 Å². The molecule has 0 aliphatic rings. The second kappa shape index (κ2) is 19.8. The number of hydrogen-bond acceptors (Lipinski definition) is 8. The van der Waals surface area contributed by atoms with Crippen molar-refractivity contribution in [1.82, 2.24) is 36.2 Å². The van der Waals surface area contributed by atoms with Crippen molar-refractivity contribution in [2.24, 2.45) is 0 Å². The van der Waals surface area contributed by atoms with Gasteiger partial charge in [-0.15, -0.1) is 10.2 Å². The monoisotopic (exact) mass is 697 g/mol. The molecule has 51 heavy (non-hydrogen) atoms. The van der Waals surface area contributed by atoms with E-state index < -0.39 is 17.8 Å². The van der Waals surface area contributed by atoms with E-state index in [1.807, 2.05) is 51.1 Å². The Hall–Kier alpha value is -5.26. The van der Waals surface area contributed by atoms with Gasteiger partial charge in [0.25, 0.3) is 0 Å². The highest BCUT2D eigenvalue weighted by molar-refractivity contribution is 5.76. The molecule has 12 nitrogen and oxygen atoms in total. The highest BCUT2D eigenvalue weighted by atomic mass is 16.6. The first-order valence-corrected chi connectivity index (χ1v) is 17.7. The van der Waals surface area contributed by atoms with Crippen LogP contribution in [0.2, 0.25) is 0 Å². The fourth-order valence-electron chi connectivity index (χ4n) is 5.52. The van der Waals surface area contributed by atoms with Gasteiger partial charge in [-0.05, 0) is 93.5 Å². The third-order valence-corrected chi connectivity index (χ3v) is 8.34. The number of benzene rings is 3. The number of nitrogens with zero attached hydrogens (tertiary/aromatic N) is 4. The molecule has 4 aromatic rings. The molecule has 12 heteroatoms. The molecule has 0 aliphatic heterocycles. The minimum atomic E-state index is -0.545. The number of carbonyl (C=O) groups excluding carboxylic acids is 3. The van der Waals surface area contributed by atoms with Crippen LogP contribution in [0, 0.1) is 0 Å². The van der Waals surface area contributed by atoms with E-state index in [9.17, 15) is 14.4 Å². The van der Waals surface area contributed by atoms with Crippen LogP contribution >= 0.6 is 0 Å². The van der Waals surface area contributed by atoms with Crippen molar-refractivity contribution in [3.05, 3.63) is 101 Å². The van der Waals surface area contributed by atoms with Crippen molar-refractivity contribution in [2.75, 3.05) is 20.1 Å². The van der Waals surface area contributed by atoms with E-state index in [0.29, 0.717) is 38.2 Å². The number of hydrogen-bond donors (Lipinski definition) is 3. The summed E-state index contributed by atoms with van der Waals surface area (Å²) in [6, 6.07) is 26.2. The minimum absolute atomic E-state index is 0.00452. The van der Waals surface area contributed by atoms with Gasteiger partial charge in [-0.25, -0.2) is 9.59 Å². The number of ether oxygens (including phenoxy) is 2. The smallest absolute Gasteiger partial charge is 0.407 e. The lowest BCUT2D eigenvalue weighted by molar-refractivity contribution is -0.132. The quantitative estimate of drug-likeness (QED) is 0.0946. The number of rotatable bonds is 18. The van der Waals surface area contributed by atoms with Crippen LogP contribution < -0.4 is 10.6 Å². The minimum Gasteiger partial charge on any atom is -0.445 e. The van der Waals surface area contributed by atoms with Gasteiger partial charge in [0.1, 0.15) is 12.2 Å². The van der Waals surface area contributed by atoms with Crippen LogP contribution in [-0.2, 0) is 33.7 Å². The molecule has 0 spiro atoms. The van der Waals surface area contributed by atoms with Gasteiger partial charge in [0.05, 0.1) is 6.04 Å². The molecule has 0 saturated carbocycles. The lowest BCUT2D eigenvalue weighted by atomic mass is 9.99. The molecule has 3 N–H and O–H groups in total. The standard InChI is InChI=1S/C39H51N7O5/c1-39(2,3)51-38(49)41-27-11-9-15-34(36-42-44-45-43-36)46(4)35(47)25-20-30-18-23-33(24-19-30)32-21-16-29(17-22-32)12-8-10-26-40-37(48)50-28-31-13-6-5-7-14-31/h5-7,13-14,16-19,21-24,34H,8-12,15,20,25-28H2,1-4H3,(H,40,48)(H,41,49)(H,42,43,44,45)/t34-/m0/s1. The Morgan fingerprint density at radius 1 is 0.765 bits per heavy atom. The highest BCUT2D eigenvalue weighted by Crippen LogP contribution is 2.24. The molecular weight excluding hydrogens is 646 g/mol. The number of H-pyrrole nitrogens is 1. The van der Waals surface area contributed by atoms with E-state index in [1.54, 1.807) is 11.9 Å². The van der Waals surface area contributed by atoms with Gasteiger partial charge in [0, 0.05) is 26.6 Å². The van der Waals surface area contributed by atoms with Gasteiger partial charge in [0.2, 0.25) is 5.91 Å². The summed E-state index contributed by atoms with van der Waals surface area (Å²) in [4.78, 5) is 38.8. The van der Waals surface area contributed by atoms with E-state index in [4.69, 9.17) is 9.47 Å². The van der Waals surface area contributed by atoms with Crippen LogP contribution in [0.1, 0.15) is 87.9 Å². The largest absolute Gasteiger partial charge is 0.445 e. The van der Waals surface area contributed by atoms with Crippen LogP contribution in [0.5, 0.6) is 0 Å². The number of unbranched alkanes of at least 4 members (excludes halogenated alkanes) is 2. The van der Waals surface area contributed by atoms with Crippen molar-refractivity contribution in [3.63, 3.8) is 0 Å². The topological polar surface area (TPSA) is 151 Å². The predicted octanol–water partition coefficient (Wildman–Crippen LogP) is 6.94. The number of aryl methyl sites for hydroxylation is 2. The maximum atomic E-state index is 13.2. The van der Waals surface area contributed by atoms with E-state index in [1.165, 1.54) is 5.56 Å². The van der Waals surface area contributed by atoms with E-state index in [2.05, 4.69) is 79.8 Å². The molecule has 272 valence electrons. The number of nitrogens with one attached hydrogen (secondary N) is 3. The van der Waals surface area contributed by atoms with Crippen molar-refractivity contribution in [3.8, 4) is 11.1 Å². The average Bonchev–Trinajstić information content (AvgIpc) is 3.66. The summed E-state index contributed by atoms with van der Waals surface area (Å²) in [7, 11) is 1.77. The van der Waals surface area contributed by atoms with Crippen molar-refractivity contribution < 1.29 is 23.9 Å². The van der Waals surface area contributed by atoms with Crippen molar-refractivity contribution in [2.45, 2.75) is 90.4 Å². The first kappa shape index (κ1) is 38.5. The zero-order valence-electron chi connectivity index (χ0n) is 30.2. The fraction of sp³-hybridized carbons (Fsp3) is 0.436. The molecule has 3 amide bonds. The SMILES string of the molecule is CN(C(=O)CCc1ccc(-c2ccc(CCCCNC(=O)OCc3ccccc3)cc2)cc1)[C@@H](CCCCNC(=O)OC(C)(C)C)c1nn[nH]n1. The first-order chi connectivity index (χ1) is 24.6. The molecular formula is C39H51N7O5. The van der Waals surface area contributed by atoms with Gasteiger partial charge in [-0.3, -0.25) is 4.79 Å². The summed E-state index contributed by atoms with van der Waals surface area (Å²) in [5.41, 5.74) is 5.00. The third kappa shape index (κ3) is 13.9.